The van der Waals surface area contributed by atoms with Gasteiger partial charge >= 0.3 is 0 Å². The summed E-state index contributed by atoms with van der Waals surface area (Å²) >= 11 is 0. The number of carbonyl (C=O) groups excluding carboxylic acids is 2. The van der Waals surface area contributed by atoms with Crippen LogP contribution in [0, 0.1) is 28.9 Å². The Morgan fingerprint density at radius 1 is 0.944 bits per heavy atom. The standard InChI is InChI=1S/C29H37F2N3O2/c1-29(2,3)15-25(32-4)28(36)34-16-20-9-14-24(23(20)17-34)33-27(35)26(18-5-10-21(30)11-6-18)19-7-12-22(31)13-8-19/h5-8,10-13,20,23-26,32H,9,14-17H2,1-4H3,(H,33,35)/t20?,23?,24?,25-/m0/s1. The first-order valence-corrected chi connectivity index (χ1v) is 12.8. The van der Waals surface area contributed by atoms with E-state index in [2.05, 4.69) is 31.4 Å². The molecule has 0 bridgehead atoms. The maximum atomic E-state index is 13.6. The van der Waals surface area contributed by atoms with Gasteiger partial charge in [-0.3, -0.25) is 9.59 Å². The summed E-state index contributed by atoms with van der Waals surface area (Å²) in [7, 11) is 1.83. The van der Waals surface area contributed by atoms with Gasteiger partial charge in [-0.2, -0.15) is 0 Å². The van der Waals surface area contributed by atoms with E-state index in [1.165, 1.54) is 24.3 Å². The number of rotatable bonds is 7. The normalized spacial score (nSPS) is 22.5. The summed E-state index contributed by atoms with van der Waals surface area (Å²) in [6.45, 7) is 7.75. The lowest BCUT2D eigenvalue weighted by Crippen LogP contribution is -2.47. The molecule has 2 fully saturated rings. The first-order chi connectivity index (χ1) is 17.1. The van der Waals surface area contributed by atoms with Crippen molar-refractivity contribution in [1.82, 2.24) is 15.5 Å². The number of nitrogens with zero attached hydrogens (tertiary/aromatic N) is 1. The van der Waals surface area contributed by atoms with Crippen LogP contribution >= 0.6 is 0 Å². The Hall–Kier alpha value is -2.80. The molecule has 5 nitrogen and oxygen atoms in total. The maximum absolute atomic E-state index is 13.6. The number of nitrogens with one attached hydrogen (secondary N) is 2. The number of hydrogen-bond donors (Lipinski definition) is 2. The van der Waals surface area contributed by atoms with E-state index < -0.39 is 5.92 Å². The number of benzene rings is 2. The Bertz CT molecular complexity index is 1020. The lowest BCUT2D eigenvalue weighted by Gasteiger charge is -2.29. The zero-order valence-corrected chi connectivity index (χ0v) is 21.6. The van der Waals surface area contributed by atoms with Crippen molar-refractivity contribution < 1.29 is 18.4 Å². The van der Waals surface area contributed by atoms with Gasteiger partial charge in [0.05, 0.1) is 12.0 Å². The second kappa shape index (κ2) is 10.7. The zero-order valence-electron chi connectivity index (χ0n) is 21.6. The molecule has 1 saturated carbocycles. The Morgan fingerprint density at radius 2 is 1.50 bits per heavy atom. The molecule has 4 atom stereocenters. The van der Waals surface area contributed by atoms with Crippen LogP contribution in [0.1, 0.15) is 57.1 Å². The van der Waals surface area contributed by atoms with Crippen molar-refractivity contribution in [1.29, 1.82) is 0 Å². The minimum Gasteiger partial charge on any atom is -0.352 e. The van der Waals surface area contributed by atoms with Crippen LogP contribution in [0.2, 0.25) is 0 Å². The van der Waals surface area contributed by atoms with Gasteiger partial charge in [0, 0.05) is 25.0 Å². The number of hydrogen-bond acceptors (Lipinski definition) is 3. The number of halogens is 2. The quantitative estimate of drug-likeness (QED) is 0.593. The molecule has 0 aromatic heterocycles. The highest BCUT2D eigenvalue weighted by Gasteiger charge is 2.46. The van der Waals surface area contributed by atoms with Gasteiger partial charge < -0.3 is 15.5 Å². The van der Waals surface area contributed by atoms with Crippen molar-refractivity contribution in [3.63, 3.8) is 0 Å². The van der Waals surface area contributed by atoms with E-state index in [4.69, 9.17) is 0 Å². The van der Waals surface area contributed by atoms with Gasteiger partial charge in [0.2, 0.25) is 11.8 Å². The molecular formula is C29H37F2N3O2. The Balaban J connectivity index is 1.48. The number of amides is 2. The zero-order chi connectivity index (χ0) is 26.0. The molecule has 0 radical (unpaired) electrons. The molecule has 1 heterocycles. The molecule has 36 heavy (non-hydrogen) atoms. The number of carbonyl (C=O) groups is 2. The molecule has 2 aromatic carbocycles. The Morgan fingerprint density at radius 3 is 2.00 bits per heavy atom. The van der Waals surface area contributed by atoms with Crippen LogP contribution in [0.5, 0.6) is 0 Å². The first-order valence-electron chi connectivity index (χ1n) is 12.8. The minimum absolute atomic E-state index is 0.0329. The van der Waals surface area contributed by atoms with E-state index in [0.29, 0.717) is 23.6 Å². The summed E-state index contributed by atoms with van der Waals surface area (Å²) in [6, 6.07) is 11.5. The highest BCUT2D eigenvalue weighted by molar-refractivity contribution is 5.87. The molecule has 2 aromatic rings. The van der Waals surface area contributed by atoms with E-state index in [-0.39, 0.29) is 46.9 Å². The van der Waals surface area contributed by atoms with E-state index in [0.717, 1.165) is 25.8 Å². The topological polar surface area (TPSA) is 61.4 Å². The largest absolute Gasteiger partial charge is 0.352 e. The average molecular weight is 498 g/mol. The molecular weight excluding hydrogens is 460 g/mol. The molecule has 194 valence electrons. The van der Waals surface area contributed by atoms with E-state index >= 15 is 0 Å². The van der Waals surface area contributed by atoms with E-state index in [1.807, 2.05) is 11.9 Å². The van der Waals surface area contributed by atoms with Crippen LogP contribution in [0.3, 0.4) is 0 Å². The number of likely N-dealkylation sites (N-methyl/N-ethyl adjacent to an activating group) is 1. The number of likely N-dealkylation sites (tertiary alicyclic amines) is 1. The predicted octanol–water partition coefficient (Wildman–Crippen LogP) is 4.47. The third kappa shape index (κ3) is 5.94. The Kier molecular flexibility index (Phi) is 7.79. The summed E-state index contributed by atoms with van der Waals surface area (Å²) in [4.78, 5) is 28.8. The summed E-state index contributed by atoms with van der Waals surface area (Å²) in [5, 5.41) is 6.43. The maximum Gasteiger partial charge on any atom is 0.239 e. The van der Waals surface area contributed by atoms with Crippen LogP contribution in [0.15, 0.2) is 48.5 Å². The summed E-state index contributed by atoms with van der Waals surface area (Å²) < 4.78 is 27.1. The SMILES string of the molecule is CN[C@@H](CC(C)(C)C)C(=O)N1CC2CCC(NC(=O)C(c3ccc(F)cc3)c3ccc(F)cc3)C2C1. The summed E-state index contributed by atoms with van der Waals surface area (Å²) in [5.74, 6) is -0.930. The highest BCUT2D eigenvalue weighted by atomic mass is 19.1. The van der Waals surface area contributed by atoms with E-state index in [1.54, 1.807) is 24.3 Å². The molecule has 1 aliphatic carbocycles. The first kappa shape index (κ1) is 26.3. The van der Waals surface area contributed by atoms with Gasteiger partial charge in [0.25, 0.3) is 0 Å². The van der Waals surface area contributed by atoms with Gasteiger partial charge in [0.15, 0.2) is 0 Å². The molecule has 3 unspecified atom stereocenters. The third-order valence-corrected chi connectivity index (χ3v) is 7.63. The second-order valence-electron chi connectivity index (χ2n) is 11.5. The second-order valence-corrected chi connectivity index (χ2v) is 11.5. The molecule has 7 heteroatoms. The molecule has 2 N–H and O–H groups in total. The molecule has 2 amide bonds. The molecule has 4 rings (SSSR count). The smallest absolute Gasteiger partial charge is 0.239 e. The lowest BCUT2D eigenvalue weighted by atomic mass is 9.87. The monoisotopic (exact) mass is 497 g/mol. The average Bonchev–Trinajstić information content (AvgIpc) is 3.41. The molecule has 1 aliphatic heterocycles. The fraction of sp³-hybridized carbons (Fsp3) is 0.517. The van der Waals surface area contributed by atoms with E-state index in [9.17, 15) is 18.4 Å². The molecule has 2 aliphatic rings. The van der Waals surface area contributed by atoms with Gasteiger partial charge in [-0.1, -0.05) is 45.0 Å². The highest BCUT2D eigenvalue weighted by Crippen LogP contribution is 2.39. The van der Waals surface area contributed by atoms with Crippen molar-refractivity contribution in [2.24, 2.45) is 17.3 Å². The lowest BCUT2D eigenvalue weighted by molar-refractivity contribution is -0.133. The molecule has 0 spiro atoms. The summed E-state index contributed by atoms with van der Waals surface area (Å²) in [6.07, 6.45) is 2.58. The van der Waals surface area contributed by atoms with Crippen molar-refractivity contribution >= 4 is 11.8 Å². The third-order valence-electron chi connectivity index (χ3n) is 7.63. The molecule has 1 saturated heterocycles. The van der Waals surface area contributed by atoms with Crippen molar-refractivity contribution in [3.8, 4) is 0 Å². The van der Waals surface area contributed by atoms with Crippen molar-refractivity contribution in [3.05, 3.63) is 71.3 Å². The van der Waals surface area contributed by atoms with Gasteiger partial charge in [0.1, 0.15) is 11.6 Å². The Labute approximate surface area is 212 Å². The van der Waals surface area contributed by atoms with Crippen LogP contribution in [-0.4, -0.2) is 48.9 Å². The van der Waals surface area contributed by atoms with Crippen LogP contribution in [0.4, 0.5) is 8.78 Å². The van der Waals surface area contributed by atoms with Gasteiger partial charge in [-0.25, -0.2) is 8.78 Å². The van der Waals surface area contributed by atoms with Crippen LogP contribution in [0.25, 0.3) is 0 Å². The summed E-state index contributed by atoms with van der Waals surface area (Å²) in [5.41, 5.74) is 1.33. The van der Waals surface area contributed by atoms with Crippen molar-refractivity contribution in [2.45, 2.75) is 58.0 Å². The fourth-order valence-electron chi connectivity index (χ4n) is 5.84. The van der Waals surface area contributed by atoms with Crippen LogP contribution in [-0.2, 0) is 9.59 Å². The van der Waals surface area contributed by atoms with Gasteiger partial charge in [-0.15, -0.1) is 0 Å². The fourth-order valence-corrected chi connectivity index (χ4v) is 5.84. The van der Waals surface area contributed by atoms with Crippen LogP contribution < -0.4 is 10.6 Å². The number of fused-ring (bicyclic) bond motifs is 1. The predicted molar refractivity (Wildman–Crippen MR) is 136 cm³/mol. The van der Waals surface area contributed by atoms with Gasteiger partial charge in [-0.05, 0) is 73.0 Å². The van der Waals surface area contributed by atoms with Crippen molar-refractivity contribution in [2.75, 3.05) is 20.1 Å². The minimum atomic E-state index is -0.676.